The number of nitrogens with one attached hydrogen (secondary N) is 2. The van der Waals surface area contributed by atoms with E-state index in [2.05, 4.69) is 16.6 Å². The summed E-state index contributed by atoms with van der Waals surface area (Å²) < 4.78 is 31.7. The van der Waals surface area contributed by atoms with Crippen LogP contribution >= 0.6 is 0 Å². The Morgan fingerprint density at radius 1 is 1.37 bits per heavy atom. The third-order valence-electron chi connectivity index (χ3n) is 2.65. The first-order valence-electron chi connectivity index (χ1n) is 6.55. The van der Waals surface area contributed by atoms with Crippen LogP contribution in [0.1, 0.15) is 31.9 Å². The van der Waals surface area contributed by atoms with Crippen molar-refractivity contribution in [3.63, 3.8) is 0 Å². The van der Waals surface area contributed by atoms with Gasteiger partial charge in [0, 0.05) is 38.2 Å². The van der Waals surface area contributed by atoms with Gasteiger partial charge in [0.15, 0.2) is 0 Å². The van der Waals surface area contributed by atoms with E-state index in [9.17, 15) is 8.42 Å². The molecule has 0 aromatic carbocycles. The third kappa shape index (κ3) is 5.73. The van der Waals surface area contributed by atoms with Crippen LogP contribution in [0.4, 0.5) is 0 Å². The van der Waals surface area contributed by atoms with Crippen molar-refractivity contribution in [3.05, 3.63) is 18.0 Å². The van der Waals surface area contributed by atoms with E-state index in [1.54, 1.807) is 6.07 Å². The van der Waals surface area contributed by atoms with Crippen LogP contribution in [0.5, 0.6) is 0 Å². The highest BCUT2D eigenvalue weighted by atomic mass is 32.2. The van der Waals surface area contributed by atoms with E-state index in [1.807, 2.05) is 0 Å². The van der Waals surface area contributed by atoms with Gasteiger partial charge in [-0.1, -0.05) is 13.3 Å². The van der Waals surface area contributed by atoms with Crippen LogP contribution in [0.25, 0.3) is 0 Å². The van der Waals surface area contributed by atoms with Crippen LogP contribution in [0.3, 0.4) is 0 Å². The summed E-state index contributed by atoms with van der Waals surface area (Å²) in [6.45, 7) is 4.08. The Morgan fingerprint density at radius 2 is 2.11 bits per heavy atom. The number of unbranched alkanes of at least 4 members (excludes halogenated alkanes) is 1. The fraction of sp³-hybridized carbons (Fsp3) is 0.667. The zero-order valence-corrected chi connectivity index (χ0v) is 12.1. The molecule has 0 aliphatic carbocycles. The van der Waals surface area contributed by atoms with Crippen LogP contribution in [0.2, 0.25) is 0 Å². The summed E-state index contributed by atoms with van der Waals surface area (Å²) in [5, 5.41) is 0. The summed E-state index contributed by atoms with van der Waals surface area (Å²) >= 11 is 0. The van der Waals surface area contributed by atoms with Gasteiger partial charge in [-0.25, -0.2) is 13.1 Å². The lowest BCUT2D eigenvalue weighted by atomic mass is 10.4. The molecule has 0 aliphatic rings. The number of ether oxygens (including phenoxy) is 1. The van der Waals surface area contributed by atoms with Gasteiger partial charge in [-0.15, -0.1) is 0 Å². The molecule has 0 atom stereocenters. The SMILES string of the molecule is CCCCOCCCNS(=O)(=O)c1c[nH]c(CN)c1. The predicted octanol–water partition coefficient (Wildman–Crippen LogP) is 0.959. The van der Waals surface area contributed by atoms with Crippen molar-refractivity contribution in [1.29, 1.82) is 0 Å². The Morgan fingerprint density at radius 3 is 2.74 bits per heavy atom. The number of hydrogen-bond acceptors (Lipinski definition) is 4. The Bertz CT molecular complexity index is 457. The average Bonchev–Trinajstić information content (AvgIpc) is 2.87. The van der Waals surface area contributed by atoms with Gasteiger partial charge in [0.25, 0.3) is 0 Å². The molecule has 0 saturated carbocycles. The van der Waals surface area contributed by atoms with E-state index in [0.717, 1.165) is 19.4 Å². The fourth-order valence-electron chi connectivity index (χ4n) is 1.50. The van der Waals surface area contributed by atoms with Crippen LogP contribution in [0, 0.1) is 0 Å². The number of rotatable bonds is 10. The maximum atomic E-state index is 11.9. The number of sulfonamides is 1. The van der Waals surface area contributed by atoms with E-state index in [4.69, 9.17) is 10.5 Å². The molecule has 1 aromatic heterocycles. The zero-order valence-electron chi connectivity index (χ0n) is 11.3. The molecule has 6 nitrogen and oxygen atoms in total. The molecule has 0 radical (unpaired) electrons. The van der Waals surface area contributed by atoms with E-state index in [-0.39, 0.29) is 4.90 Å². The third-order valence-corrected chi connectivity index (χ3v) is 4.09. The molecule has 0 amide bonds. The summed E-state index contributed by atoms with van der Waals surface area (Å²) in [5.41, 5.74) is 6.12. The molecular formula is C12H23N3O3S. The van der Waals surface area contributed by atoms with Crippen molar-refractivity contribution in [2.24, 2.45) is 5.73 Å². The van der Waals surface area contributed by atoms with Gasteiger partial charge >= 0.3 is 0 Å². The fourth-order valence-corrected chi connectivity index (χ4v) is 2.60. The maximum absolute atomic E-state index is 11.9. The van der Waals surface area contributed by atoms with E-state index in [0.29, 0.717) is 31.8 Å². The van der Waals surface area contributed by atoms with E-state index in [1.165, 1.54) is 6.20 Å². The second-order valence-corrected chi connectivity index (χ2v) is 6.05. The molecule has 0 spiro atoms. The zero-order chi connectivity index (χ0) is 14.1. The van der Waals surface area contributed by atoms with E-state index >= 15 is 0 Å². The Labute approximate surface area is 114 Å². The number of aromatic nitrogens is 1. The molecule has 4 N–H and O–H groups in total. The summed E-state index contributed by atoms with van der Waals surface area (Å²) in [6, 6.07) is 1.54. The first-order chi connectivity index (χ1) is 9.10. The minimum Gasteiger partial charge on any atom is -0.381 e. The second kappa shape index (κ2) is 8.31. The summed E-state index contributed by atoms with van der Waals surface area (Å²) in [6.07, 6.45) is 4.25. The highest BCUT2D eigenvalue weighted by Gasteiger charge is 2.14. The van der Waals surface area contributed by atoms with Crippen molar-refractivity contribution in [3.8, 4) is 0 Å². The smallest absolute Gasteiger partial charge is 0.242 e. The molecule has 0 aliphatic heterocycles. The molecular weight excluding hydrogens is 266 g/mol. The van der Waals surface area contributed by atoms with Crippen molar-refractivity contribution in [2.75, 3.05) is 19.8 Å². The highest BCUT2D eigenvalue weighted by molar-refractivity contribution is 7.89. The monoisotopic (exact) mass is 289 g/mol. The van der Waals surface area contributed by atoms with Crippen LogP contribution in [0.15, 0.2) is 17.2 Å². The second-order valence-electron chi connectivity index (χ2n) is 4.28. The minimum absolute atomic E-state index is 0.222. The standard InChI is InChI=1S/C12H23N3O3S/c1-2-3-6-18-7-4-5-15-19(16,17)12-8-11(9-13)14-10-12/h8,10,14-15H,2-7,9,13H2,1H3. The number of H-pyrrole nitrogens is 1. The lowest BCUT2D eigenvalue weighted by Gasteiger charge is -2.05. The first-order valence-corrected chi connectivity index (χ1v) is 8.03. The lowest BCUT2D eigenvalue weighted by Crippen LogP contribution is -2.25. The molecule has 1 rings (SSSR count). The van der Waals surface area contributed by atoms with Gasteiger partial charge in [-0.05, 0) is 18.9 Å². The summed E-state index contributed by atoms with van der Waals surface area (Å²) in [4.78, 5) is 3.04. The summed E-state index contributed by atoms with van der Waals surface area (Å²) in [5.74, 6) is 0. The topological polar surface area (TPSA) is 97.2 Å². The predicted molar refractivity (Wildman–Crippen MR) is 74.2 cm³/mol. The highest BCUT2D eigenvalue weighted by Crippen LogP contribution is 2.09. The van der Waals surface area contributed by atoms with Gasteiger partial charge in [0.2, 0.25) is 10.0 Å². The van der Waals surface area contributed by atoms with Gasteiger partial charge in [0.1, 0.15) is 0 Å². The molecule has 1 heterocycles. The number of hydrogen-bond donors (Lipinski definition) is 3. The molecule has 19 heavy (non-hydrogen) atoms. The molecule has 0 fully saturated rings. The van der Waals surface area contributed by atoms with Crippen molar-refractivity contribution in [1.82, 2.24) is 9.71 Å². The maximum Gasteiger partial charge on any atom is 0.242 e. The van der Waals surface area contributed by atoms with Crippen molar-refractivity contribution in [2.45, 2.75) is 37.6 Å². The van der Waals surface area contributed by atoms with Crippen LogP contribution in [-0.2, 0) is 21.3 Å². The lowest BCUT2D eigenvalue weighted by molar-refractivity contribution is 0.130. The van der Waals surface area contributed by atoms with Gasteiger partial charge in [-0.3, -0.25) is 0 Å². The molecule has 0 bridgehead atoms. The molecule has 1 aromatic rings. The molecule has 110 valence electrons. The molecule has 7 heteroatoms. The quantitative estimate of drug-likeness (QED) is 0.559. The minimum atomic E-state index is -3.44. The Kier molecular flexibility index (Phi) is 7.07. The van der Waals surface area contributed by atoms with Gasteiger partial charge in [-0.2, -0.15) is 0 Å². The Hall–Kier alpha value is -0.890. The van der Waals surface area contributed by atoms with E-state index < -0.39 is 10.0 Å². The molecule has 0 saturated heterocycles. The van der Waals surface area contributed by atoms with Crippen molar-refractivity contribution >= 4 is 10.0 Å². The normalized spacial score (nSPS) is 11.9. The van der Waals surface area contributed by atoms with Crippen molar-refractivity contribution < 1.29 is 13.2 Å². The van der Waals surface area contributed by atoms with Gasteiger partial charge in [0.05, 0.1) is 4.90 Å². The summed E-state index contributed by atoms with van der Waals surface area (Å²) in [7, 11) is -3.44. The number of aromatic amines is 1. The molecule has 0 unspecified atom stereocenters. The largest absolute Gasteiger partial charge is 0.381 e. The Balaban J connectivity index is 2.27. The average molecular weight is 289 g/mol. The van der Waals surface area contributed by atoms with Crippen LogP contribution < -0.4 is 10.5 Å². The number of nitrogens with two attached hydrogens (primary N) is 1. The first kappa shape index (κ1) is 16.2. The van der Waals surface area contributed by atoms with Crippen LogP contribution in [-0.4, -0.2) is 33.2 Å². The van der Waals surface area contributed by atoms with Gasteiger partial charge < -0.3 is 15.5 Å².